The normalized spacial score (nSPS) is 19.1. The number of nitrogens with zero attached hydrogens (tertiary/aromatic N) is 1. The Morgan fingerprint density at radius 1 is 1.41 bits per heavy atom. The molecule has 0 aromatic heterocycles. The molecule has 3 N–H and O–H groups in total. The molecule has 0 saturated carbocycles. The Balaban J connectivity index is 2.37. The summed E-state index contributed by atoms with van der Waals surface area (Å²) < 4.78 is 0. The molecule has 0 bridgehead atoms. The number of nitrogens with two attached hydrogens (primary N) is 1. The first-order valence-electron chi connectivity index (χ1n) is 6.35. The lowest BCUT2D eigenvalue weighted by atomic mass is 9.95. The summed E-state index contributed by atoms with van der Waals surface area (Å²) in [5.74, 6) is -0.116. The lowest BCUT2D eigenvalue weighted by Crippen LogP contribution is -2.45. The van der Waals surface area contributed by atoms with Crippen LogP contribution >= 0.6 is 0 Å². The zero-order chi connectivity index (χ0) is 12.8. The van der Waals surface area contributed by atoms with Gasteiger partial charge in [0.1, 0.15) is 0 Å². The lowest BCUT2D eigenvalue weighted by Gasteiger charge is -2.32. The summed E-state index contributed by atoms with van der Waals surface area (Å²) in [6, 6.07) is 0. The van der Waals surface area contributed by atoms with Crippen LogP contribution in [0.2, 0.25) is 0 Å². The van der Waals surface area contributed by atoms with Gasteiger partial charge in [-0.05, 0) is 19.4 Å². The second-order valence-electron chi connectivity index (χ2n) is 4.71. The number of amides is 2. The van der Waals surface area contributed by atoms with Crippen LogP contribution in [0.1, 0.15) is 26.7 Å². The van der Waals surface area contributed by atoms with Crippen molar-refractivity contribution in [3.8, 4) is 0 Å². The van der Waals surface area contributed by atoms with Gasteiger partial charge in [-0.15, -0.1) is 0 Å². The fraction of sp³-hybridized carbons (Fsp3) is 0.833. The highest BCUT2D eigenvalue weighted by atomic mass is 16.2. The third-order valence-corrected chi connectivity index (χ3v) is 3.33. The van der Waals surface area contributed by atoms with Gasteiger partial charge in [0.15, 0.2) is 0 Å². The fourth-order valence-corrected chi connectivity index (χ4v) is 2.14. The first kappa shape index (κ1) is 14.0. The van der Waals surface area contributed by atoms with Gasteiger partial charge in [-0.2, -0.15) is 0 Å². The minimum absolute atomic E-state index is 0.0000723. The molecule has 1 saturated heterocycles. The molecule has 1 rings (SSSR count). The zero-order valence-corrected chi connectivity index (χ0v) is 10.7. The monoisotopic (exact) mass is 241 g/mol. The van der Waals surface area contributed by atoms with E-state index in [1.165, 1.54) is 0 Å². The predicted molar refractivity (Wildman–Crippen MR) is 66.2 cm³/mol. The molecule has 1 unspecified atom stereocenters. The summed E-state index contributed by atoms with van der Waals surface area (Å²) in [5.41, 5.74) is 5.26. The van der Waals surface area contributed by atoms with E-state index in [9.17, 15) is 9.59 Å². The molecule has 1 fully saturated rings. The van der Waals surface area contributed by atoms with Crippen LogP contribution in [0.3, 0.4) is 0 Å². The van der Waals surface area contributed by atoms with Crippen LogP contribution in [0.5, 0.6) is 0 Å². The molecule has 17 heavy (non-hydrogen) atoms. The van der Waals surface area contributed by atoms with Gasteiger partial charge in [-0.25, -0.2) is 0 Å². The highest BCUT2D eigenvalue weighted by Gasteiger charge is 2.27. The van der Waals surface area contributed by atoms with Crippen molar-refractivity contribution in [2.24, 2.45) is 17.6 Å². The van der Waals surface area contributed by atoms with Crippen LogP contribution in [-0.4, -0.2) is 42.9 Å². The Bertz CT molecular complexity index is 273. The summed E-state index contributed by atoms with van der Waals surface area (Å²) in [7, 11) is 0. The third-order valence-electron chi connectivity index (χ3n) is 3.33. The summed E-state index contributed by atoms with van der Waals surface area (Å²) in [5, 5.41) is 3.17. The molecule has 5 nitrogen and oxygen atoms in total. The van der Waals surface area contributed by atoms with E-state index in [1.807, 2.05) is 18.7 Å². The van der Waals surface area contributed by atoms with Gasteiger partial charge in [0.25, 0.3) is 0 Å². The Labute approximate surface area is 103 Å². The van der Waals surface area contributed by atoms with Gasteiger partial charge in [0.2, 0.25) is 11.8 Å². The topological polar surface area (TPSA) is 75.4 Å². The molecule has 5 heteroatoms. The summed E-state index contributed by atoms with van der Waals surface area (Å²) in [6.07, 6.45) is 1.41. The van der Waals surface area contributed by atoms with Gasteiger partial charge in [-0.1, -0.05) is 13.8 Å². The van der Waals surface area contributed by atoms with Crippen LogP contribution in [-0.2, 0) is 9.59 Å². The van der Waals surface area contributed by atoms with Crippen molar-refractivity contribution in [1.29, 1.82) is 0 Å². The molecule has 1 aliphatic heterocycles. The highest BCUT2D eigenvalue weighted by molar-refractivity contribution is 5.80. The number of nitrogens with one attached hydrogen (secondary N) is 1. The van der Waals surface area contributed by atoms with E-state index in [-0.39, 0.29) is 23.7 Å². The van der Waals surface area contributed by atoms with Crippen molar-refractivity contribution in [2.45, 2.75) is 26.7 Å². The Hall–Kier alpha value is -1.10. The Morgan fingerprint density at radius 2 is 2.00 bits per heavy atom. The van der Waals surface area contributed by atoms with E-state index in [0.29, 0.717) is 32.5 Å². The lowest BCUT2D eigenvalue weighted by molar-refractivity contribution is -0.138. The molecule has 2 amide bonds. The van der Waals surface area contributed by atoms with Crippen LogP contribution in [0.4, 0.5) is 0 Å². The Kier molecular flexibility index (Phi) is 5.41. The number of likely N-dealkylation sites (tertiary alicyclic amines) is 1. The van der Waals surface area contributed by atoms with Crippen LogP contribution in [0.15, 0.2) is 0 Å². The smallest absolute Gasteiger partial charge is 0.226 e. The van der Waals surface area contributed by atoms with Crippen molar-refractivity contribution in [3.63, 3.8) is 0 Å². The van der Waals surface area contributed by atoms with E-state index in [2.05, 4.69) is 5.32 Å². The predicted octanol–water partition coefficient (Wildman–Crippen LogP) is -0.0441. The molecule has 0 aromatic rings. The summed E-state index contributed by atoms with van der Waals surface area (Å²) >= 11 is 0. The van der Waals surface area contributed by atoms with Gasteiger partial charge in [0.05, 0.1) is 0 Å². The zero-order valence-electron chi connectivity index (χ0n) is 10.7. The van der Waals surface area contributed by atoms with Gasteiger partial charge in [0, 0.05) is 31.5 Å². The first-order chi connectivity index (χ1) is 8.06. The minimum atomic E-state index is -0.238. The maximum atomic E-state index is 12.1. The molecule has 0 radical (unpaired) electrons. The number of hydrogen-bond donors (Lipinski definition) is 2. The quantitative estimate of drug-likeness (QED) is 0.709. The number of piperidine rings is 1. The second kappa shape index (κ2) is 6.59. The van der Waals surface area contributed by atoms with Gasteiger partial charge in [-0.3, -0.25) is 9.59 Å². The van der Waals surface area contributed by atoms with Crippen molar-refractivity contribution < 1.29 is 9.59 Å². The summed E-state index contributed by atoms with van der Waals surface area (Å²) in [6.45, 7) is 6.86. The minimum Gasteiger partial charge on any atom is -0.369 e. The molecule has 1 atom stereocenters. The fourth-order valence-electron chi connectivity index (χ4n) is 2.14. The second-order valence-corrected chi connectivity index (χ2v) is 4.71. The van der Waals surface area contributed by atoms with E-state index in [0.717, 1.165) is 6.54 Å². The largest absolute Gasteiger partial charge is 0.369 e. The number of primary amides is 1. The molecule has 1 heterocycles. The van der Waals surface area contributed by atoms with Gasteiger partial charge >= 0.3 is 0 Å². The standard InChI is InChI=1S/C12H23N3O2/c1-3-14-8-9(2)12(17)15-6-4-10(5-7-15)11(13)16/h9-10,14H,3-8H2,1-2H3,(H2,13,16). The average molecular weight is 241 g/mol. The maximum absolute atomic E-state index is 12.1. The number of rotatable bonds is 5. The summed E-state index contributed by atoms with van der Waals surface area (Å²) in [4.78, 5) is 24.9. The first-order valence-corrected chi connectivity index (χ1v) is 6.35. The van der Waals surface area contributed by atoms with Crippen molar-refractivity contribution in [3.05, 3.63) is 0 Å². The van der Waals surface area contributed by atoms with Gasteiger partial charge < -0.3 is 16.0 Å². The average Bonchev–Trinajstić information content (AvgIpc) is 2.35. The van der Waals surface area contributed by atoms with Crippen LogP contribution in [0.25, 0.3) is 0 Å². The van der Waals surface area contributed by atoms with Crippen molar-refractivity contribution >= 4 is 11.8 Å². The number of carbonyl (C=O) groups excluding carboxylic acids is 2. The molecular formula is C12H23N3O2. The third kappa shape index (κ3) is 4.00. The van der Waals surface area contributed by atoms with E-state index in [1.54, 1.807) is 0 Å². The highest BCUT2D eigenvalue weighted by Crippen LogP contribution is 2.18. The SMILES string of the molecule is CCNCC(C)C(=O)N1CCC(C(N)=O)CC1. The van der Waals surface area contributed by atoms with Crippen LogP contribution < -0.4 is 11.1 Å². The molecule has 1 aliphatic rings. The molecule has 98 valence electrons. The Morgan fingerprint density at radius 3 is 2.47 bits per heavy atom. The molecule has 0 aliphatic carbocycles. The number of hydrogen-bond acceptors (Lipinski definition) is 3. The van der Waals surface area contributed by atoms with E-state index >= 15 is 0 Å². The van der Waals surface area contributed by atoms with Crippen molar-refractivity contribution in [1.82, 2.24) is 10.2 Å². The number of carbonyl (C=O) groups is 2. The molecular weight excluding hydrogens is 218 g/mol. The molecule has 0 spiro atoms. The van der Waals surface area contributed by atoms with Crippen molar-refractivity contribution in [2.75, 3.05) is 26.2 Å². The van der Waals surface area contributed by atoms with E-state index in [4.69, 9.17) is 5.73 Å². The van der Waals surface area contributed by atoms with Crippen LogP contribution in [0, 0.1) is 11.8 Å². The molecule has 0 aromatic carbocycles. The maximum Gasteiger partial charge on any atom is 0.226 e. The van der Waals surface area contributed by atoms with E-state index < -0.39 is 0 Å².